The molecule has 0 spiro atoms. The second-order valence-corrected chi connectivity index (χ2v) is 5.12. The summed E-state index contributed by atoms with van der Waals surface area (Å²) in [6.07, 6.45) is -3.98. The molecule has 1 aliphatic heterocycles. The molecule has 1 aromatic carbocycles. The molecule has 0 saturated carbocycles. The molecule has 2 heterocycles. The highest BCUT2D eigenvalue weighted by Gasteiger charge is 2.44. The van der Waals surface area contributed by atoms with Crippen molar-refractivity contribution in [1.29, 1.82) is 0 Å². The maximum absolute atomic E-state index is 10.2. The Labute approximate surface area is 126 Å². The monoisotopic (exact) mass is 307 g/mol. The third-order valence-corrected chi connectivity index (χ3v) is 3.66. The average Bonchev–Trinajstić information content (AvgIpc) is 3.14. The van der Waals surface area contributed by atoms with E-state index in [1.807, 2.05) is 6.07 Å². The minimum atomic E-state index is -1.24. The Hall–Kier alpha value is -1.84. The van der Waals surface area contributed by atoms with E-state index in [-0.39, 0.29) is 5.82 Å². The van der Waals surface area contributed by atoms with Crippen LogP contribution in [0.15, 0.2) is 36.7 Å². The van der Waals surface area contributed by atoms with Gasteiger partial charge >= 0.3 is 0 Å². The van der Waals surface area contributed by atoms with Gasteiger partial charge < -0.3 is 25.2 Å². The Morgan fingerprint density at radius 1 is 1.18 bits per heavy atom. The summed E-state index contributed by atoms with van der Waals surface area (Å²) in [5.41, 5.74) is 0.640. The Bertz CT molecular complexity index is 620. The number of hydrogen-bond acceptors (Lipinski definition) is 7. The van der Waals surface area contributed by atoms with Gasteiger partial charge in [-0.2, -0.15) is 5.10 Å². The third kappa shape index (κ3) is 2.62. The Kier molecular flexibility index (Phi) is 4.19. The van der Waals surface area contributed by atoms with Crippen molar-refractivity contribution in [2.45, 2.75) is 30.6 Å². The predicted molar refractivity (Wildman–Crippen MR) is 73.5 cm³/mol. The Morgan fingerprint density at radius 3 is 2.55 bits per heavy atom. The average molecular weight is 307 g/mol. The SMILES string of the molecule is OC[C@H]1O[C@@H](n2cnc(C(O)c3ccccc3)n2)[C@@H](O)C1O. The standard InChI is InChI=1S/C14H17N3O5/c18-6-9-11(20)12(21)14(22-9)17-7-15-13(16-17)10(19)8-4-2-1-3-5-8/h1-5,7,9-12,14,18-21H,6H2/t9-,10?,11?,12+,14-/m1/s1. The number of rotatable bonds is 4. The van der Waals surface area contributed by atoms with Crippen molar-refractivity contribution in [3.05, 3.63) is 48.0 Å². The summed E-state index contributed by atoms with van der Waals surface area (Å²) >= 11 is 0. The molecule has 8 nitrogen and oxygen atoms in total. The fourth-order valence-corrected chi connectivity index (χ4v) is 2.42. The maximum atomic E-state index is 10.2. The van der Waals surface area contributed by atoms with Gasteiger partial charge in [0.15, 0.2) is 12.1 Å². The number of aromatic nitrogens is 3. The topological polar surface area (TPSA) is 121 Å². The molecule has 2 aromatic rings. The molecule has 0 bridgehead atoms. The summed E-state index contributed by atoms with van der Waals surface area (Å²) in [5, 5.41) is 43.1. The summed E-state index contributed by atoms with van der Waals surface area (Å²) in [5.74, 6) is 0.156. The number of benzene rings is 1. The lowest BCUT2D eigenvalue weighted by Crippen LogP contribution is -2.33. The molecule has 8 heteroatoms. The largest absolute Gasteiger partial charge is 0.394 e. The van der Waals surface area contributed by atoms with Crippen LogP contribution in [-0.2, 0) is 4.74 Å². The summed E-state index contributed by atoms with van der Waals surface area (Å²) in [6.45, 7) is -0.414. The molecule has 0 radical (unpaired) electrons. The second kappa shape index (κ2) is 6.11. The lowest BCUT2D eigenvalue weighted by Gasteiger charge is -2.14. The van der Waals surface area contributed by atoms with Crippen molar-refractivity contribution in [1.82, 2.24) is 14.8 Å². The number of nitrogens with zero attached hydrogens (tertiary/aromatic N) is 3. The molecule has 0 amide bonds. The molecule has 0 aliphatic carbocycles. The highest BCUT2D eigenvalue weighted by molar-refractivity contribution is 5.21. The van der Waals surface area contributed by atoms with Crippen molar-refractivity contribution >= 4 is 0 Å². The van der Waals surface area contributed by atoms with Gasteiger partial charge in [0, 0.05) is 0 Å². The number of aliphatic hydroxyl groups is 4. The zero-order valence-electron chi connectivity index (χ0n) is 11.6. The quantitative estimate of drug-likeness (QED) is 0.570. The van der Waals surface area contributed by atoms with Crippen LogP contribution in [0.25, 0.3) is 0 Å². The lowest BCUT2D eigenvalue weighted by molar-refractivity contribution is -0.0591. The molecule has 1 saturated heterocycles. The van der Waals surface area contributed by atoms with E-state index in [1.54, 1.807) is 24.3 Å². The molecule has 4 N–H and O–H groups in total. The maximum Gasteiger partial charge on any atom is 0.183 e. The van der Waals surface area contributed by atoms with Crippen LogP contribution >= 0.6 is 0 Å². The summed E-state index contributed by atoms with van der Waals surface area (Å²) in [7, 11) is 0. The first-order valence-electron chi connectivity index (χ1n) is 6.88. The van der Waals surface area contributed by atoms with E-state index in [4.69, 9.17) is 9.84 Å². The van der Waals surface area contributed by atoms with Crippen LogP contribution in [0.1, 0.15) is 23.7 Å². The molecule has 1 aliphatic rings. The molecule has 5 atom stereocenters. The molecule has 2 unspecified atom stereocenters. The number of ether oxygens (including phenoxy) is 1. The van der Waals surface area contributed by atoms with Gasteiger partial charge in [0.25, 0.3) is 0 Å². The molecule has 1 aromatic heterocycles. The predicted octanol–water partition coefficient (Wildman–Crippen LogP) is -1.03. The van der Waals surface area contributed by atoms with Crippen LogP contribution in [0, 0.1) is 0 Å². The van der Waals surface area contributed by atoms with Crippen LogP contribution in [0.5, 0.6) is 0 Å². The van der Waals surface area contributed by atoms with E-state index in [9.17, 15) is 15.3 Å². The van der Waals surface area contributed by atoms with E-state index in [2.05, 4.69) is 10.1 Å². The second-order valence-electron chi connectivity index (χ2n) is 5.12. The molecule has 118 valence electrons. The molecular weight excluding hydrogens is 290 g/mol. The molecular formula is C14H17N3O5. The van der Waals surface area contributed by atoms with Crippen molar-refractivity contribution in [3.63, 3.8) is 0 Å². The van der Waals surface area contributed by atoms with Gasteiger partial charge in [0.05, 0.1) is 6.61 Å². The third-order valence-electron chi connectivity index (χ3n) is 3.66. The van der Waals surface area contributed by atoms with Crippen LogP contribution in [-0.4, -0.2) is 60.1 Å². The summed E-state index contributed by atoms with van der Waals surface area (Å²) < 4.78 is 6.58. The van der Waals surface area contributed by atoms with E-state index in [0.29, 0.717) is 5.56 Å². The van der Waals surface area contributed by atoms with Gasteiger partial charge in [-0.1, -0.05) is 30.3 Å². The van der Waals surface area contributed by atoms with Gasteiger partial charge in [-0.3, -0.25) is 0 Å². The minimum absolute atomic E-state index is 0.156. The number of aliphatic hydroxyl groups excluding tert-OH is 4. The minimum Gasteiger partial charge on any atom is -0.394 e. The molecule has 22 heavy (non-hydrogen) atoms. The van der Waals surface area contributed by atoms with Crippen LogP contribution < -0.4 is 0 Å². The summed E-state index contributed by atoms with van der Waals surface area (Å²) in [4.78, 5) is 4.01. The normalized spacial score (nSPS) is 29.6. The van der Waals surface area contributed by atoms with E-state index in [0.717, 1.165) is 0 Å². The first-order valence-corrected chi connectivity index (χ1v) is 6.88. The van der Waals surface area contributed by atoms with Crippen LogP contribution in [0.3, 0.4) is 0 Å². The Morgan fingerprint density at radius 2 is 1.91 bits per heavy atom. The summed E-state index contributed by atoms with van der Waals surface area (Å²) in [6, 6.07) is 8.92. The molecule has 1 fully saturated rings. The van der Waals surface area contributed by atoms with Gasteiger partial charge in [-0.05, 0) is 5.56 Å². The highest BCUT2D eigenvalue weighted by atomic mass is 16.6. The fourth-order valence-electron chi connectivity index (χ4n) is 2.42. The smallest absolute Gasteiger partial charge is 0.183 e. The van der Waals surface area contributed by atoms with E-state index >= 15 is 0 Å². The van der Waals surface area contributed by atoms with Gasteiger partial charge in [-0.15, -0.1) is 0 Å². The first-order chi connectivity index (χ1) is 10.6. The van der Waals surface area contributed by atoms with E-state index in [1.165, 1.54) is 11.0 Å². The lowest BCUT2D eigenvalue weighted by atomic mass is 10.1. The highest BCUT2D eigenvalue weighted by Crippen LogP contribution is 2.29. The first kappa shape index (κ1) is 15.1. The Balaban J connectivity index is 1.80. The zero-order valence-corrected chi connectivity index (χ0v) is 11.6. The van der Waals surface area contributed by atoms with Gasteiger partial charge in [0.2, 0.25) is 0 Å². The van der Waals surface area contributed by atoms with Crippen molar-refractivity contribution in [2.75, 3.05) is 6.61 Å². The van der Waals surface area contributed by atoms with Crippen LogP contribution in [0.2, 0.25) is 0 Å². The van der Waals surface area contributed by atoms with Crippen molar-refractivity contribution in [3.8, 4) is 0 Å². The zero-order chi connectivity index (χ0) is 15.7. The van der Waals surface area contributed by atoms with Gasteiger partial charge in [0.1, 0.15) is 30.7 Å². The van der Waals surface area contributed by atoms with Crippen molar-refractivity contribution < 1.29 is 25.2 Å². The van der Waals surface area contributed by atoms with Gasteiger partial charge in [-0.25, -0.2) is 9.67 Å². The van der Waals surface area contributed by atoms with E-state index < -0.39 is 37.3 Å². The fraction of sp³-hybridized carbons (Fsp3) is 0.429. The molecule has 3 rings (SSSR count). The van der Waals surface area contributed by atoms with Crippen LogP contribution in [0.4, 0.5) is 0 Å². The van der Waals surface area contributed by atoms with Crippen molar-refractivity contribution in [2.24, 2.45) is 0 Å². The number of hydrogen-bond donors (Lipinski definition) is 4.